The second-order valence-corrected chi connectivity index (χ2v) is 11.9. The Hall–Kier alpha value is -3.41. The topological polar surface area (TPSA) is 67.2 Å². The number of carbonyl (C=O) groups is 2. The molecule has 37 heavy (non-hydrogen) atoms. The van der Waals surface area contributed by atoms with Crippen molar-refractivity contribution in [2.24, 2.45) is 16.7 Å². The number of fused-ring (bicyclic) bond motifs is 2. The van der Waals surface area contributed by atoms with Crippen LogP contribution in [0.1, 0.15) is 73.0 Å². The van der Waals surface area contributed by atoms with Crippen LogP contribution >= 0.6 is 0 Å². The fourth-order valence-corrected chi connectivity index (χ4v) is 7.73. The number of hydrogen-bond acceptors (Lipinski definition) is 3. The lowest BCUT2D eigenvalue weighted by Gasteiger charge is -2.67. The summed E-state index contributed by atoms with van der Waals surface area (Å²) in [6, 6.07) is 19.5. The molecule has 2 amide bonds. The standard InChI is InChI=1S/C31H36N4O2/c1-30(2)24-16-10-11-17-31(24,3)29(30)33-27(36)25-23-20-34(28(37)22-14-8-5-9-15-22)18-19-35(23)26(32-25)21-12-6-4-7-13-21/h4-9,12-15,24,29H,10-11,16-20H2,1-3H3,(H,33,36). The molecule has 3 atom stereocenters. The molecule has 0 saturated heterocycles. The zero-order chi connectivity index (χ0) is 25.8. The van der Waals surface area contributed by atoms with E-state index in [-0.39, 0.29) is 28.7 Å². The van der Waals surface area contributed by atoms with Gasteiger partial charge in [0.05, 0.1) is 12.2 Å². The average Bonchev–Trinajstić information content (AvgIpc) is 3.31. The van der Waals surface area contributed by atoms with Gasteiger partial charge in [-0.3, -0.25) is 9.59 Å². The molecular formula is C31H36N4O2. The van der Waals surface area contributed by atoms with Crippen molar-refractivity contribution in [2.75, 3.05) is 6.54 Å². The van der Waals surface area contributed by atoms with Gasteiger partial charge in [0.1, 0.15) is 5.82 Å². The summed E-state index contributed by atoms with van der Waals surface area (Å²) in [6.07, 6.45) is 4.90. The molecule has 3 aromatic rings. The maximum atomic E-state index is 13.9. The minimum atomic E-state index is -0.122. The van der Waals surface area contributed by atoms with Crippen LogP contribution in [0.2, 0.25) is 0 Å². The molecule has 1 aromatic heterocycles. The molecule has 192 valence electrons. The summed E-state index contributed by atoms with van der Waals surface area (Å²) in [5.41, 5.74) is 3.10. The number of imidazole rings is 1. The van der Waals surface area contributed by atoms with Crippen LogP contribution in [0.4, 0.5) is 0 Å². The van der Waals surface area contributed by atoms with Gasteiger partial charge in [-0.2, -0.15) is 0 Å². The lowest BCUT2D eigenvalue weighted by atomic mass is 9.40. The Bertz CT molecular complexity index is 1330. The van der Waals surface area contributed by atoms with Crippen LogP contribution in [0.5, 0.6) is 0 Å². The lowest BCUT2D eigenvalue weighted by Crippen LogP contribution is -2.71. The molecule has 3 aliphatic rings. The molecule has 6 heteroatoms. The van der Waals surface area contributed by atoms with Crippen LogP contribution in [-0.2, 0) is 13.1 Å². The van der Waals surface area contributed by atoms with Gasteiger partial charge in [-0.05, 0) is 41.7 Å². The number of hydrogen-bond donors (Lipinski definition) is 1. The van der Waals surface area contributed by atoms with Gasteiger partial charge < -0.3 is 14.8 Å². The van der Waals surface area contributed by atoms with E-state index in [4.69, 9.17) is 4.98 Å². The summed E-state index contributed by atoms with van der Waals surface area (Å²) in [6.45, 7) is 8.50. The Morgan fingerprint density at radius 3 is 2.38 bits per heavy atom. The maximum Gasteiger partial charge on any atom is 0.272 e. The first-order chi connectivity index (χ1) is 17.8. The third-order valence-electron chi connectivity index (χ3n) is 9.39. The van der Waals surface area contributed by atoms with E-state index in [0.29, 0.717) is 36.8 Å². The third-order valence-corrected chi connectivity index (χ3v) is 9.39. The summed E-state index contributed by atoms with van der Waals surface area (Å²) in [7, 11) is 0. The van der Waals surface area contributed by atoms with Gasteiger partial charge in [-0.25, -0.2) is 4.98 Å². The van der Waals surface area contributed by atoms with Crippen molar-refractivity contribution in [1.82, 2.24) is 19.8 Å². The van der Waals surface area contributed by atoms with Gasteiger partial charge in [0.15, 0.2) is 5.69 Å². The first-order valence-electron chi connectivity index (χ1n) is 13.6. The number of nitrogens with one attached hydrogen (secondary N) is 1. The molecule has 2 fully saturated rings. The van der Waals surface area contributed by atoms with Crippen molar-refractivity contribution >= 4 is 11.8 Å². The summed E-state index contributed by atoms with van der Waals surface area (Å²) < 4.78 is 2.13. The van der Waals surface area contributed by atoms with Crippen LogP contribution in [0.15, 0.2) is 60.7 Å². The molecule has 2 aliphatic carbocycles. The molecule has 0 radical (unpaired) electrons. The second kappa shape index (κ2) is 8.86. The van der Waals surface area contributed by atoms with Gasteiger partial charge in [-0.1, -0.05) is 82.1 Å². The summed E-state index contributed by atoms with van der Waals surface area (Å²) in [5, 5.41) is 3.44. The lowest BCUT2D eigenvalue weighted by molar-refractivity contribution is -0.156. The average molecular weight is 497 g/mol. The Kier molecular flexibility index (Phi) is 5.74. The summed E-state index contributed by atoms with van der Waals surface area (Å²) >= 11 is 0. The predicted molar refractivity (Wildman–Crippen MR) is 144 cm³/mol. The van der Waals surface area contributed by atoms with Crippen LogP contribution in [0.3, 0.4) is 0 Å². The van der Waals surface area contributed by atoms with Gasteiger partial charge in [0.2, 0.25) is 0 Å². The maximum absolute atomic E-state index is 13.9. The molecule has 3 unspecified atom stereocenters. The highest BCUT2D eigenvalue weighted by Crippen LogP contribution is 2.65. The zero-order valence-electron chi connectivity index (χ0n) is 22.0. The van der Waals surface area contributed by atoms with Crippen LogP contribution < -0.4 is 5.32 Å². The fourth-order valence-electron chi connectivity index (χ4n) is 7.73. The molecular weight excluding hydrogens is 460 g/mol. The molecule has 2 saturated carbocycles. The van der Waals surface area contributed by atoms with Gasteiger partial charge >= 0.3 is 0 Å². The molecule has 1 N–H and O–H groups in total. The van der Waals surface area contributed by atoms with E-state index in [2.05, 4.69) is 30.7 Å². The molecule has 6 rings (SSSR count). The van der Waals surface area contributed by atoms with Crippen LogP contribution in [0, 0.1) is 16.7 Å². The minimum absolute atomic E-state index is 0.0154. The highest BCUT2D eigenvalue weighted by molar-refractivity contribution is 5.96. The fraction of sp³-hybridized carbons (Fsp3) is 0.452. The molecule has 0 bridgehead atoms. The summed E-state index contributed by atoms with van der Waals surface area (Å²) in [4.78, 5) is 34.0. The second-order valence-electron chi connectivity index (χ2n) is 11.9. The van der Waals surface area contributed by atoms with Crippen molar-refractivity contribution in [1.29, 1.82) is 0 Å². The van der Waals surface area contributed by atoms with Gasteiger partial charge in [-0.15, -0.1) is 0 Å². The first-order valence-corrected chi connectivity index (χ1v) is 13.6. The number of rotatable bonds is 4. The normalized spacial score (nSPS) is 26.0. The SMILES string of the molecule is CC1(C)C2CCCCC2(C)C1NC(=O)c1nc(-c2ccccc2)n2c1CN(C(=O)c1ccccc1)CC2. The smallest absolute Gasteiger partial charge is 0.272 e. The molecule has 2 aromatic carbocycles. The monoisotopic (exact) mass is 496 g/mol. The van der Waals surface area contributed by atoms with E-state index in [1.54, 1.807) is 0 Å². The van der Waals surface area contributed by atoms with Crippen molar-refractivity contribution < 1.29 is 9.59 Å². The van der Waals surface area contributed by atoms with E-state index >= 15 is 0 Å². The number of nitrogens with zero attached hydrogens (tertiary/aromatic N) is 3. The number of benzene rings is 2. The number of carbonyl (C=O) groups excluding carboxylic acids is 2. The van der Waals surface area contributed by atoms with E-state index in [0.717, 1.165) is 23.5 Å². The zero-order valence-corrected chi connectivity index (χ0v) is 22.0. The Morgan fingerprint density at radius 1 is 0.946 bits per heavy atom. The van der Waals surface area contributed by atoms with E-state index in [1.165, 1.54) is 19.3 Å². The van der Waals surface area contributed by atoms with Gasteiger partial charge in [0.25, 0.3) is 11.8 Å². The minimum Gasteiger partial charge on any atom is -0.347 e. The van der Waals surface area contributed by atoms with Crippen LogP contribution in [0.25, 0.3) is 11.4 Å². The largest absolute Gasteiger partial charge is 0.347 e. The van der Waals surface area contributed by atoms with Crippen molar-refractivity contribution in [3.05, 3.63) is 77.6 Å². The van der Waals surface area contributed by atoms with E-state index in [9.17, 15) is 9.59 Å². The van der Waals surface area contributed by atoms with Crippen LogP contribution in [-0.4, -0.2) is 38.9 Å². The molecule has 6 nitrogen and oxygen atoms in total. The Labute approximate surface area is 219 Å². The third kappa shape index (κ3) is 3.80. The molecule has 2 heterocycles. The predicted octanol–water partition coefficient (Wildman–Crippen LogP) is 5.54. The quantitative estimate of drug-likeness (QED) is 0.516. The Balaban J connectivity index is 1.34. The number of aromatic nitrogens is 2. The highest BCUT2D eigenvalue weighted by Gasteiger charge is 2.64. The molecule has 0 spiro atoms. The summed E-state index contributed by atoms with van der Waals surface area (Å²) in [5.74, 6) is 1.29. The highest BCUT2D eigenvalue weighted by atomic mass is 16.2. The van der Waals surface area contributed by atoms with Crippen molar-refractivity contribution in [2.45, 2.75) is 65.6 Å². The van der Waals surface area contributed by atoms with E-state index in [1.807, 2.05) is 65.6 Å². The van der Waals surface area contributed by atoms with Crippen molar-refractivity contribution in [3.8, 4) is 11.4 Å². The first kappa shape index (κ1) is 24.0. The van der Waals surface area contributed by atoms with E-state index < -0.39 is 0 Å². The molecule has 1 aliphatic heterocycles. The van der Waals surface area contributed by atoms with Gasteiger partial charge in [0, 0.05) is 30.3 Å². The Morgan fingerprint density at radius 2 is 1.65 bits per heavy atom. The number of amides is 2. The van der Waals surface area contributed by atoms with Crippen molar-refractivity contribution in [3.63, 3.8) is 0 Å².